The highest BCUT2D eigenvalue weighted by molar-refractivity contribution is 4.97. The van der Waals surface area contributed by atoms with Gasteiger partial charge in [0.25, 0.3) is 0 Å². The molecule has 1 aliphatic carbocycles. The molecule has 1 saturated carbocycles. The van der Waals surface area contributed by atoms with Crippen molar-refractivity contribution in [1.29, 1.82) is 0 Å². The van der Waals surface area contributed by atoms with Crippen LogP contribution in [0.15, 0.2) is 0 Å². The predicted octanol–water partition coefficient (Wildman–Crippen LogP) is 3.96. The first kappa shape index (κ1) is 10.1. The van der Waals surface area contributed by atoms with Gasteiger partial charge in [0.15, 0.2) is 0 Å². The maximum absolute atomic E-state index is 2.47. The Morgan fingerprint density at radius 3 is 1.42 bits per heavy atom. The maximum Gasteiger partial charge on any atom is -0.0272 e. The van der Waals surface area contributed by atoms with Crippen LogP contribution < -0.4 is 0 Å². The molecule has 0 N–H and O–H groups in total. The van der Waals surface area contributed by atoms with Crippen molar-refractivity contribution < 1.29 is 0 Å². The average Bonchev–Trinajstić information content (AvgIpc) is 2.22. The molecular weight excluding hydrogens is 144 g/mol. The minimum atomic E-state index is 0.596. The molecule has 4 atom stereocenters. The second-order valence-electron chi connectivity index (χ2n) is 5.15. The molecule has 0 aromatic heterocycles. The molecule has 1 fully saturated rings. The van der Waals surface area contributed by atoms with Gasteiger partial charge in [-0.05, 0) is 29.1 Å². The minimum Gasteiger partial charge on any atom is -0.0648 e. The third kappa shape index (κ3) is 1.11. The average molecular weight is 168 g/mol. The first-order chi connectivity index (χ1) is 5.45. The van der Waals surface area contributed by atoms with E-state index < -0.39 is 0 Å². The van der Waals surface area contributed by atoms with E-state index in [0.717, 1.165) is 23.7 Å². The molecule has 1 aliphatic rings. The van der Waals surface area contributed by atoms with Crippen LogP contribution >= 0.6 is 0 Å². The van der Waals surface area contributed by atoms with Gasteiger partial charge < -0.3 is 0 Å². The Labute approximate surface area is 77.7 Å². The number of rotatable bonds is 1. The molecule has 0 saturated heterocycles. The Morgan fingerprint density at radius 2 is 1.25 bits per heavy atom. The summed E-state index contributed by atoms with van der Waals surface area (Å²) in [5.74, 6) is 3.61. The fourth-order valence-electron chi connectivity index (χ4n) is 3.17. The van der Waals surface area contributed by atoms with Crippen LogP contribution in [0, 0.1) is 29.1 Å². The van der Waals surface area contributed by atoms with Crippen molar-refractivity contribution >= 4 is 0 Å². The topological polar surface area (TPSA) is 0 Å². The molecule has 1 rings (SSSR count). The van der Waals surface area contributed by atoms with Crippen LogP contribution in [0.1, 0.15) is 48.0 Å². The lowest BCUT2D eigenvalue weighted by molar-refractivity contribution is 0.156. The molecule has 0 bridgehead atoms. The lowest BCUT2D eigenvalue weighted by Gasteiger charge is -2.33. The lowest BCUT2D eigenvalue weighted by Crippen LogP contribution is -2.26. The Morgan fingerprint density at radius 1 is 0.917 bits per heavy atom. The zero-order valence-corrected chi connectivity index (χ0v) is 9.52. The van der Waals surface area contributed by atoms with Gasteiger partial charge >= 0.3 is 0 Å². The van der Waals surface area contributed by atoms with Crippen LogP contribution in [0.4, 0.5) is 0 Å². The molecule has 0 heteroatoms. The second kappa shape index (κ2) is 3.05. The predicted molar refractivity (Wildman–Crippen MR) is 55.1 cm³/mol. The van der Waals surface area contributed by atoms with Crippen LogP contribution in [-0.2, 0) is 0 Å². The maximum atomic E-state index is 2.47. The molecule has 0 aliphatic heterocycles. The van der Waals surface area contributed by atoms with E-state index in [0.29, 0.717) is 5.41 Å². The first-order valence-electron chi connectivity index (χ1n) is 5.45. The Hall–Kier alpha value is 0. The van der Waals surface area contributed by atoms with Crippen LogP contribution in [0.2, 0.25) is 0 Å². The van der Waals surface area contributed by atoms with Crippen molar-refractivity contribution in [3.63, 3.8) is 0 Å². The lowest BCUT2D eigenvalue weighted by atomic mass is 9.72. The summed E-state index contributed by atoms with van der Waals surface area (Å²) >= 11 is 0. The standard InChI is InChI=1S/C12H24/c1-7-12(6)10(4)8(2)9(3)11(12)5/h8-11H,7H2,1-6H3. The van der Waals surface area contributed by atoms with E-state index in [9.17, 15) is 0 Å². The van der Waals surface area contributed by atoms with Gasteiger partial charge in [0.2, 0.25) is 0 Å². The van der Waals surface area contributed by atoms with Crippen LogP contribution in [-0.4, -0.2) is 0 Å². The van der Waals surface area contributed by atoms with Gasteiger partial charge in [0.1, 0.15) is 0 Å². The molecule has 0 heterocycles. The van der Waals surface area contributed by atoms with Gasteiger partial charge in [-0.15, -0.1) is 0 Å². The summed E-state index contributed by atoms with van der Waals surface area (Å²) in [6.45, 7) is 14.5. The van der Waals surface area contributed by atoms with E-state index in [4.69, 9.17) is 0 Å². The SMILES string of the molecule is CCC1(C)C(C)C(C)C(C)C1C. The van der Waals surface area contributed by atoms with Crippen LogP contribution in [0.3, 0.4) is 0 Å². The Balaban J connectivity index is 2.90. The summed E-state index contributed by atoms with van der Waals surface area (Å²) in [5.41, 5.74) is 0.596. The molecule has 0 aromatic rings. The molecule has 0 radical (unpaired) electrons. The fraction of sp³-hybridized carbons (Fsp3) is 1.00. The summed E-state index contributed by atoms with van der Waals surface area (Å²) < 4.78 is 0. The number of hydrogen-bond donors (Lipinski definition) is 0. The summed E-state index contributed by atoms with van der Waals surface area (Å²) in [6.07, 6.45) is 1.34. The van der Waals surface area contributed by atoms with E-state index >= 15 is 0 Å². The van der Waals surface area contributed by atoms with Crippen molar-refractivity contribution in [2.75, 3.05) is 0 Å². The third-order valence-electron chi connectivity index (χ3n) is 5.25. The molecule has 0 aromatic carbocycles. The van der Waals surface area contributed by atoms with Crippen molar-refractivity contribution in [2.45, 2.75) is 48.0 Å². The van der Waals surface area contributed by atoms with Crippen LogP contribution in [0.5, 0.6) is 0 Å². The molecule has 12 heavy (non-hydrogen) atoms. The normalized spacial score (nSPS) is 54.5. The van der Waals surface area contributed by atoms with Crippen molar-refractivity contribution in [3.05, 3.63) is 0 Å². The molecule has 4 unspecified atom stereocenters. The summed E-state index contributed by atoms with van der Waals surface area (Å²) in [7, 11) is 0. The monoisotopic (exact) mass is 168 g/mol. The molecule has 0 amide bonds. The van der Waals surface area contributed by atoms with E-state index in [2.05, 4.69) is 41.5 Å². The fourth-order valence-corrected chi connectivity index (χ4v) is 3.17. The van der Waals surface area contributed by atoms with Gasteiger partial charge in [-0.1, -0.05) is 48.0 Å². The van der Waals surface area contributed by atoms with Gasteiger partial charge in [0.05, 0.1) is 0 Å². The largest absolute Gasteiger partial charge is 0.0648 e. The zero-order valence-electron chi connectivity index (χ0n) is 9.52. The van der Waals surface area contributed by atoms with Gasteiger partial charge in [-0.25, -0.2) is 0 Å². The van der Waals surface area contributed by atoms with E-state index in [1.807, 2.05) is 0 Å². The second-order valence-corrected chi connectivity index (χ2v) is 5.15. The minimum absolute atomic E-state index is 0.596. The Kier molecular flexibility index (Phi) is 2.56. The highest BCUT2D eigenvalue weighted by Crippen LogP contribution is 2.55. The first-order valence-corrected chi connectivity index (χ1v) is 5.45. The van der Waals surface area contributed by atoms with Crippen LogP contribution in [0.25, 0.3) is 0 Å². The molecular formula is C12H24. The van der Waals surface area contributed by atoms with E-state index in [-0.39, 0.29) is 0 Å². The van der Waals surface area contributed by atoms with E-state index in [1.54, 1.807) is 0 Å². The van der Waals surface area contributed by atoms with Gasteiger partial charge in [0, 0.05) is 0 Å². The van der Waals surface area contributed by atoms with Crippen molar-refractivity contribution in [2.24, 2.45) is 29.1 Å². The summed E-state index contributed by atoms with van der Waals surface area (Å²) in [6, 6.07) is 0. The zero-order chi connectivity index (χ0) is 9.52. The summed E-state index contributed by atoms with van der Waals surface area (Å²) in [5, 5.41) is 0. The highest BCUT2D eigenvalue weighted by atomic mass is 14.5. The van der Waals surface area contributed by atoms with Gasteiger partial charge in [-0.2, -0.15) is 0 Å². The smallest absolute Gasteiger partial charge is 0.0272 e. The van der Waals surface area contributed by atoms with Gasteiger partial charge in [-0.3, -0.25) is 0 Å². The summed E-state index contributed by atoms with van der Waals surface area (Å²) in [4.78, 5) is 0. The number of hydrogen-bond acceptors (Lipinski definition) is 0. The molecule has 0 nitrogen and oxygen atoms in total. The Bertz CT molecular complexity index is 145. The molecule has 72 valence electrons. The third-order valence-corrected chi connectivity index (χ3v) is 5.25. The molecule has 0 spiro atoms. The van der Waals surface area contributed by atoms with Crippen molar-refractivity contribution in [3.8, 4) is 0 Å². The van der Waals surface area contributed by atoms with Crippen molar-refractivity contribution in [1.82, 2.24) is 0 Å². The highest BCUT2D eigenvalue weighted by Gasteiger charge is 2.48. The van der Waals surface area contributed by atoms with E-state index in [1.165, 1.54) is 6.42 Å². The quantitative estimate of drug-likeness (QED) is 0.556.